The Morgan fingerprint density at radius 1 is 1.21 bits per heavy atom. The van der Waals surface area contributed by atoms with Gasteiger partial charge in [0.1, 0.15) is 12.1 Å². The SMILES string of the molecule is Nc1ncnc2c1cnc1ccnn12. The van der Waals surface area contributed by atoms with E-state index in [9.17, 15) is 0 Å². The summed E-state index contributed by atoms with van der Waals surface area (Å²) < 4.78 is 1.63. The topological polar surface area (TPSA) is 82.0 Å². The predicted octanol–water partition coefficient (Wildman–Crippen LogP) is 0.255. The molecule has 0 aliphatic heterocycles. The number of hydrogen-bond acceptors (Lipinski definition) is 5. The largest absolute Gasteiger partial charge is 0.383 e. The van der Waals surface area contributed by atoms with Gasteiger partial charge < -0.3 is 5.73 Å². The first-order valence-electron chi connectivity index (χ1n) is 4.05. The van der Waals surface area contributed by atoms with Crippen molar-refractivity contribution in [3.8, 4) is 0 Å². The van der Waals surface area contributed by atoms with Crippen molar-refractivity contribution in [1.82, 2.24) is 24.6 Å². The Morgan fingerprint density at radius 2 is 2.14 bits per heavy atom. The van der Waals surface area contributed by atoms with E-state index in [1.807, 2.05) is 0 Å². The van der Waals surface area contributed by atoms with Gasteiger partial charge in [-0.15, -0.1) is 0 Å². The molecule has 2 N–H and O–H groups in total. The third-order valence-electron chi connectivity index (χ3n) is 2.04. The van der Waals surface area contributed by atoms with E-state index in [1.165, 1.54) is 6.33 Å². The van der Waals surface area contributed by atoms with Crippen molar-refractivity contribution < 1.29 is 0 Å². The highest BCUT2D eigenvalue weighted by Gasteiger charge is 2.05. The molecule has 0 amide bonds. The summed E-state index contributed by atoms with van der Waals surface area (Å²) in [6.07, 6.45) is 4.74. The van der Waals surface area contributed by atoms with Crippen LogP contribution in [0, 0.1) is 0 Å². The highest BCUT2D eigenvalue weighted by Crippen LogP contribution is 2.15. The van der Waals surface area contributed by atoms with Crippen LogP contribution in [0.3, 0.4) is 0 Å². The zero-order chi connectivity index (χ0) is 9.54. The quantitative estimate of drug-likeness (QED) is 0.544. The van der Waals surface area contributed by atoms with Crippen LogP contribution in [0.5, 0.6) is 0 Å². The molecular weight excluding hydrogens is 180 g/mol. The van der Waals surface area contributed by atoms with Crippen molar-refractivity contribution in [2.45, 2.75) is 0 Å². The first-order chi connectivity index (χ1) is 6.86. The molecule has 14 heavy (non-hydrogen) atoms. The average Bonchev–Trinajstić information content (AvgIpc) is 2.66. The molecule has 0 aliphatic carbocycles. The van der Waals surface area contributed by atoms with E-state index in [2.05, 4.69) is 20.1 Å². The Kier molecular flexibility index (Phi) is 1.22. The van der Waals surface area contributed by atoms with Crippen molar-refractivity contribution in [3.63, 3.8) is 0 Å². The number of rotatable bonds is 0. The molecule has 0 radical (unpaired) electrons. The Hall–Kier alpha value is -2.24. The number of nitrogens with zero attached hydrogens (tertiary/aromatic N) is 5. The zero-order valence-electron chi connectivity index (χ0n) is 7.12. The van der Waals surface area contributed by atoms with Gasteiger partial charge >= 0.3 is 0 Å². The number of anilines is 1. The van der Waals surface area contributed by atoms with E-state index in [4.69, 9.17) is 5.73 Å². The molecule has 3 heterocycles. The molecule has 3 aromatic heterocycles. The number of nitrogens with two attached hydrogens (primary N) is 1. The molecule has 68 valence electrons. The van der Waals surface area contributed by atoms with Gasteiger partial charge in [-0.1, -0.05) is 0 Å². The zero-order valence-corrected chi connectivity index (χ0v) is 7.12. The molecule has 0 fully saturated rings. The van der Waals surface area contributed by atoms with E-state index in [-0.39, 0.29) is 0 Å². The van der Waals surface area contributed by atoms with Crippen LogP contribution in [0.2, 0.25) is 0 Å². The average molecular weight is 186 g/mol. The molecule has 0 unspecified atom stereocenters. The Bertz CT molecular complexity index is 613. The maximum atomic E-state index is 5.68. The van der Waals surface area contributed by atoms with Gasteiger partial charge in [0.25, 0.3) is 0 Å². The van der Waals surface area contributed by atoms with Crippen LogP contribution < -0.4 is 5.73 Å². The molecule has 6 heteroatoms. The Morgan fingerprint density at radius 3 is 3.07 bits per heavy atom. The van der Waals surface area contributed by atoms with Crippen molar-refractivity contribution >= 4 is 22.5 Å². The lowest BCUT2D eigenvalue weighted by molar-refractivity contribution is 0.957. The highest BCUT2D eigenvalue weighted by molar-refractivity contribution is 5.85. The standard InChI is InChI=1S/C8H6N6/c9-7-5-3-10-6-1-2-13-14(6)8(5)12-4-11-7/h1-4H,(H2,9,11,12). The van der Waals surface area contributed by atoms with Crippen LogP contribution >= 0.6 is 0 Å². The second kappa shape index (κ2) is 2.38. The van der Waals surface area contributed by atoms with Gasteiger partial charge in [0.15, 0.2) is 11.3 Å². The van der Waals surface area contributed by atoms with E-state index in [1.54, 1.807) is 23.0 Å². The van der Waals surface area contributed by atoms with Crippen LogP contribution in [-0.4, -0.2) is 24.6 Å². The van der Waals surface area contributed by atoms with E-state index in [0.29, 0.717) is 16.9 Å². The number of nitrogen functional groups attached to an aromatic ring is 1. The molecule has 0 aromatic carbocycles. The summed E-state index contributed by atoms with van der Waals surface area (Å²) in [5.41, 5.74) is 7.10. The van der Waals surface area contributed by atoms with Gasteiger partial charge in [0.05, 0.1) is 11.6 Å². The minimum atomic E-state index is 0.417. The fraction of sp³-hybridized carbons (Fsp3) is 0. The monoisotopic (exact) mass is 186 g/mol. The van der Waals surface area contributed by atoms with Crippen molar-refractivity contribution in [3.05, 3.63) is 24.8 Å². The smallest absolute Gasteiger partial charge is 0.170 e. The lowest BCUT2D eigenvalue weighted by Crippen LogP contribution is -1.99. The highest BCUT2D eigenvalue weighted by atomic mass is 15.3. The van der Waals surface area contributed by atoms with Crippen molar-refractivity contribution in [2.24, 2.45) is 0 Å². The van der Waals surface area contributed by atoms with Crippen molar-refractivity contribution in [1.29, 1.82) is 0 Å². The molecule has 0 saturated heterocycles. The number of fused-ring (bicyclic) bond motifs is 3. The predicted molar refractivity (Wildman–Crippen MR) is 50.5 cm³/mol. The summed E-state index contributed by atoms with van der Waals surface area (Å²) in [6.45, 7) is 0. The Balaban J connectivity index is 2.64. The minimum absolute atomic E-state index is 0.417. The van der Waals surface area contributed by atoms with Crippen LogP contribution in [0.15, 0.2) is 24.8 Å². The normalized spacial score (nSPS) is 11.1. The lowest BCUT2D eigenvalue weighted by Gasteiger charge is -2.00. The Labute approximate surface area is 78.4 Å². The second-order valence-corrected chi connectivity index (χ2v) is 2.86. The fourth-order valence-corrected chi connectivity index (χ4v) is 1.38. The lowest BCUT2D eigenvalue weighted by atomic mass is 10.4. The van der Waals surface area contributed by atoms with Crippen LogP contribution in [0.4, 0.5) is 5.82 Å². The first kappa shape index (κ1) is 7.19. The first-order valence-corrected chi connectivity index (χ1v) is 4.05. The minimum Gasteiger partial charge on any atom is -0.383 e. The van der Waals surface area contributed by atoms with Gasteiger partial charge in [-0.2, -0.15) is 9.61 Å². The number of aromatic nitrogens is 5. The second-order valence-electron chi connectivity index (χ2n) is 2.86. The maximum absolute atomic E-state index is 5.68. The van der Waals surface area contributed by atoms with Crippen LogP contribution in [-0.2, 0) is 0 Å². The summed E-state index contributed by atoms with van der Waals surface area (Å²) in [5.74, 6) is 0.417. The molecule has 3 aromatic rings. The molecule has 3 rings (SSSR count). The molecule has 0 bridgehead atoms. The van der Waals surface area contributed by atoms with Crippen molar-refractivity contribution in [2.75, 3.05) is 5.73 Å². The van der Waals surface area contributed by atoms with Crippen LogP contribution in [0.25, 0.3) is 16.7 Å². The van der Waals surface area contributed by atoms with Gasteiger partial charge in [-0.3, -0.25) is 0 Å². The van der Waals surface area contributed by atoms with E-state index < -0.39 is 0 Å². The third-order valence-corrected chi connectivity index (χ3v) is 2.04. The molecular formula is C8H6N6. The molecule has 0 atom stereocenters. The summed E-state index contributed by atoms with van der Waals surface area (Å²) in [5, 5.41) is 4.81. The molecule has 0 spiro atoms. The third kappa shape index (κ3) is 0.792. The van der Waals surface area contributed by atoms with Gasteiger partial charge in [0.2, 0.25) is 0 Å². The molecule has 0 aliphatic rings. The molecule has 6 nitrogen and oxygen atoms in total. The van der Waals surface area contributed by atoms with Gasteiger partial charge in [-0.05, 0) is 0 Å². The summed E-state index contributed by atoms with van der Waals surface area (Å²) in [7, 11) is 0. The van der Waals surface area contributed by atoms with Gasteiger partial charge in [-0.25, -0.2) is 15.0 Å². The maximum Gasteiger partial charge on any atom is 0.170 e. The summed E-state index contributed by atoms with van der Waals surface area (Å²) in [4.78, 5) is 12.2. The van der Waals surface area contributed by atoms with Gasteiger partial charge in [0, 0.05) is 12.3 Å². The molecule has 0 saturated carbocycles. The fourth-order valence-electron chi connectivity index (χ4n) is 1.38. The van der Waals surface area contributed by atoms with Crippen LogP contribution in [0.1, 0.15) is 0 Å². The van der Waals surface area contributed by atoms with E-state index in [0.717, 1.165) is 5.65 Å². The number of hydrogen-bond donors (Lipinski definition) is 1. The summed E-state index contributed by atoms with van der Waals surface area (Å²) in [6, 6.07) is 1.80. The summed E-state index contributed by atoms with van der Waals surface area (Å²) >= 11 is 0. The van der Waals surface area contributed by atoms with E-state index >= 15 is 0 Å².